The lowest BCUT2D eigenvalue weighted by Crippen LogP contribution is -2.24. The fourth-order valence-electron chi connectivity index (χ4n) is 3.12. The number of hydrogen-bond acceptors (Lipinski definition) is 2. The molecule has 2 nitrogen and oxygen atoms in total. The Hall–Kier alpha value is -1.28. The lowest BCUT2D eigenvalue weighted by molar-refractivity contribution is 0.0428. The molecule has 0 saturated heterocycles. The number of aliphatic hydroxyl groups excluding tert-OH is 1. The second kappa shape index (κ2) is 4.68. The third kappa shape index (κ3) is 2.55. The zero-order valence-corrected chi connectivity index (χ0v) is 11.7. The van der Waals surface area contributed by atoms with E-state index < -0.39 is 6.10 Å². The Morgan fingerprint density at radius 1 is 1.21 bits per heavy atom. The van der Waals surface area contributed by atoms with E-state index in [1.54, 1.807) is 0 Å². The van der Waals surface area contributed by atoms with Gasteiger partial charge in [0, 0.05) is 5.39 Å². The van der Waals surface area contributed by atoms with E-state index in [1.807, 2.05) is 30.3 Å². The SMILES string of the molecule is CC1(C)CCC(C(O)c2cc3ccccc3o2)CC1. The molecule has 1 aliphatic carbocycles. The Morgan fingerprint density at radius 2 is 1.89 bits per heavy atom. The maximum absolute atomic E-state index is 10.5. The zero-order chi connectivity index (χ0) is 13.5. The van der Waals surface area contributed by atoms with Gasteiger partial charge in [-0.25, -0.2) is 0 Å². The summed E-state index contributed by atoms with van der Waals surface area (Å²) in [6, 6.07) is 9.93. The predicted octanol–water partition coefficient (Wildman–Crippen LogP) is 4.68. The van der Waals surface area contributed by atoms with Crippen LogP contribution in [0.25, 0.3) is 11.0 Å². The maximum Gasteiger partial charge on any atom is 0.134 e. The van der Waals surface area contributed by atoms with Gasteiger partial charge in [-0.15, -0.1) is 0 Å². The van der Waals surface area contributed by atoms with Gasteiger partial charge < -0.3 is 9.52 Å². The summed E-state index contributed by atoms with van der Waals surface area (Å²) in [4.78, 5) is 0. The second-order valence-electron chi connectivity index (χ2n) is 6.63. The van der Waals surface area contributed by atoms with Crippen LogP contribution in [0.3, 0.4) is 0 Å². The molecule has 1 aliphatic rings. The van der Waals surface area contributed by atoms with E-state index in [1.165, 1.54) is 12.8 Å². The summed E-state index contributed by atoms with van der Waals surface area (Å²) in [5.41, 5.74) is 1.30. The number of aliphatic hydroxyl groups is 1. The van der Waals surface area contributed by atoms with Gasteiger partial charge in [0.15, 0.2) is 0 Å². The number of benzene rings is 1. The van der Waals surface area contributed by atoms with Gasteiger partial charge in [0.25, 0.3) is 0 Å². The predicted molar refractivity (Wildman–Crippen MR) is 76.9 cm³/mol. The number of para-hydroxylation sites is 1. The van der Waals surface area contributed by atoms with E-state index >= 15 is 0 Å². The van der Waals surface area contributed by atoms with Gasteiger partial charge in [-0.2, -0.15) is 0 Å². The van der Waals surface area contributed by atoms with E-state index in [0.29, 0.717) is 11.3 Å². The fourth-order valence-corrected chi connectivity index (χ4v) is 3.12. The number of hydrogen-bond donors (Lipinski definition) is 1. The number of furan rings is 1. The van der Waals surface area contributed by atoms with Gasteiger partial charge in [-0.3, -0.25) is 0 Å². The quantitative estimate of drug-likeness (QED) is 0.848. The molecule has 0 aliphatic heterocycles. The molecule has 0 spiro atoms. The topological polar surface area (TPSA) is 33.4 Å². The molecule has 0 amide bonds. The lowest BCUT2D eigenvalue weighted by Gasteiger charge is -2.35. The Morgan fingerprint density at radius 3 is 2.58 bits per heavy atom. The minimum atomic E-state index is -0.455. The van der Waals surface area contributed by atoms with E-state index in [4.69, 9.17) is 4.42 Å². The highest BCUT2D eigenvalue weighted by molar-refractivity contribution is 5.77. The molecule has 3 rings (SSSR count). The molecular formula is C17H22O2. The highest BCUT2D eigenvalue weighted by atomic mass is 16.4. The van der Waals surface area contributed by atoms with Gasteiger partial charge in [0.1, 0.15) is 17.4 Å². The van der Waals surface area contributed by atoms with Crippen LogP contribution in [0, 0.1) is 11.3 Å². The smallest absolute Gasteiger partial charge is 0.134 e. The molecule has 0 radical (unpaired) electrons. The first-order valence-electron chi connectivity index (χ1n) is 7.22. The number of rotatable bonds is 2. The van der Waals surface area contributed by atoms with Crippen molar-refractivity contribution in [1.82, 2.24) is 0 Å². The fraction of sp³-hybridized carbons (Fsp3) is 0.529. The molecule has 1 N–H and O–H groups in total. The van der Waals surface area contributed by atoms with Crippen molar-refractivity contribution in [3.8, 4) is 0 Å². The first kappa shape index (κ1) is 12.7. The molecule has 102 valence electrons. The maximum atomic E-state index is 10.5. The molecule has 1 atom stereocenters. The van der Waals surface area contributed by atoms with Crippen molar-refractivity contribution in [1.29, 1.82) is 0 Å². The third-order valence-electron chi connectivity index (χ3n) is 4.57. The molecule has 2 heteroatoms. The Kier molecular flexibility index (Phi) is 3.14. The van der Waals surface area contributed by atoms with E-state index in [9.17, 15) is 5.11 Å². The molecule has 1 unspecified atom stereocenters. The van der Waals surface area contributed by atoms with Crippen LogP contribution in [0.4, 0.5) is 0 Å². The average molecular weight is 258 g/mol. The normalized spacial score (nSPS) is 21.6. The molecule has 1 heterocycles. The Bertz CT molecular complexity index is 524. The molecule has 1 saturated carbocycles. The third-order valence-corrected chi connectivity index (χ3v) is 4.57. The molecule has 19 heavy (non-hydrogen) atoms. The molecular weight excluding hydrogens is 236 g/mol. The Labute approximate surface area is 114 Å². The first-order chi connectivity index (χ1) is 9.05. The minimum Gasteiger partial charge on any atom is -0.458 e. The van der Waals surface area contributed by atoms with Crippen molar-refractivity contribution in [3.63, 3.8) is 0 Å². The number of fused-ring (bicyclic) bond motifs is 1. The first-order valence-corrected chi connectivity index (χ1v) is 7.22. The molecule has 1 fully saturated rings. The largest absolute Gasteiger partial charge is 0.458 e. The standard InChI is InChI=1S/C17H22O2/c1-17(2)9-7-12(8-10-17)16(18)15-11-13-5-3-4-6-14(13)19-15/h3-6,11-12,16,18H,7-10H2,1-2H3. The lowest BCUT2D eigenvalue weighted by atomic mass is 9.71. The van der Waals surface area contributed by atoms with Crippen molar-refractivity contribution in [2.75, 3.05) is 0 Å². The van der Waals surface area contributed by atoms with Crippen LogP contribution in [-0.2, 0) is 0 Å². The highest BCUT2D eigenvalue weighted by Crippen LogP contribution is 2.43. The molecule has 0 bridgehead atoms. The summed E-state index contributed by atoms with van der Waals surface area (Å²) in [7, 11) is 0. The summed E-state index contributed by atoms with van der Waals surface area (Å²) < 4.78 is 5.79. The van der Waals surface area contributed by atoms with Crippen LogP contribution in [0.1, 0.15) is 51.4 Å². The molecule has 1 aromatic heterocycles. The van der Waals surface area contributed by atoms with Crippen molar-refractivity contribution in [2.45, 2.75) is 45.6 Å². The average Bonchev–Trinajstić information content (AvgIpc) is 2.81. The van der Waals surface area contributed by atoms with Crippen molar-refractivity contribution in [2.24, 2.45) is 11.3 Å². The zero-order valence-electron chi connectivity index (χ0n) is 11.7. The van der Waals surface area contributed by atoms with Gasteiger partial charge in [-0.1, -0.05) is 32.0 Å². The Balaban J connectivity index is 1.78. The van der Waals surface area contributed by atoms with Crippen molar-refractivity contribution in [3.05, 3.63) is 36.1 Å². The second-order valence-corrected chi connectivity index (χ2v) is 6.63. The summed E-state index contributed by atoms with van der Waals surface area (Å²) in [5, 5.41) is 11.6. The monoisotopic (exact) mass is 258 g/mol. The molecule has 1 aromatic carbocycles. The van der Waals surface area contributed by atoms with Crippen LogP contribution in [0.15, 0.2) is 34.7 Å². The van der Waals surface area contributed by atoms with E-state index in [-0.39, 0.29) is 0 Å². The van der Waals surface area contributed by atoms with Crippen molar-refractivity contribution < 1.29 is 9.52 Å². The van der Waals surface area contributed by atoms with E-state index in [0.717, 1.165) is 29.6 Å². The van der Waals surface area contributed by atoms with Crippen LogP contribution in [0.2, 0.25) is 0 Å². The van der Waals surface area contributed by atoms with Crippen LogP contribution in [0.5, 0.6) is 0 Å². The van der Waals surface area contributed by atoms with Crippen LogP contribution in [-0.4, -0.2) is 5.11 Å². The summed E-state index contributed by atoms with van der Waals surface area (Å²) >= 11 is 0. The molecule has 2 aromatic rings. The summed E-state index contributed by atoms with van der Waals surface area (Å²) in [6.45, 7) is 4.63. The van der Waals surface area contributed by atoms with Gasteiger partial charge in [-0.05, 0) is 49.1 Å². The van der Waals surface area contributed by atoms with Crippen molar-refractivity contribution >= 4 is 11.0 Å². The van der Waals surface area contributed by atoms with Gasteiger partial charge >= 0.3 is 0 Å². The van der Waals surface area contributed by atoms with E-state index in [2.05, 4.69) is 13.8 Å². The van der Waals surface area contributed by atoms with Gasteiger partial charge in [0.05, 0.1) is 0 Å². The summed E-state index contributed by atoms with van der Waals surface area (Å²) in [5.74, 6) is 1.07. The minimum absolute atomic E-state index is 0.341. The van der Waals surface area contributed by atoms with Crippen LogP contribution >= 0.6 is 0 Å². The van der Waals surface area contributed by atoms with Gasteiger partial charge in [0.2, 0.25) is 0 Å². The van der Waals surface area contributed by atoms with Crippen LogP contribution < -0.4 is 0 Å². The summed E-state index contributed by atoms with van der Waals surface area (Å²) in [6.07, 6.45) is 4.10. The highest BCUT2D eigenvalue weighted by Gasteiger charge is 2.32.